The molecule has 2 atom stereocenters. The van der Waals surface area contributed by atoms with Gasteiger partial charge in [0.1, 0.15) is 0 Å². The largest absolute Gasteiger partial charge is 0.310 e. The Morgan fingerprint density at radius 1 is 1.38 bits per heavy atom. The minimum atomic E-state index is 0.416. The summed E-state index contributed by atoms with van der Waals surface area (Å²) in [7, 11) is 0. The highest BCUT2D eigenvalue weighted by atomic mass is 35.5. The minimum absolute atomic E-state index is 0.416. The first-order valence-electron chi connectivity index (χ1n) is 8.44. The van der Waals surface area contributed by atoms with Gasteiger partial charge in [-0.15, -0.1) is 0 Å². The lowest BCUT2D eigenvalue weighted by Gasteiger charge is -2.22. The van der Waals surface area contributed by atoms with E-state index in [-0.39, 0.29) is 0 Å². The fraction of sp³-hybridized carbons (Fsp3) is 0.667. The predicted octanol–water partition coefficient (Wildman–Crippen LogP) is 4.50. The normalized spacial score (nSPS) is 20.8. The van der Waals surface area contributed by atoms with Gasteiger partial charge in [0.25, 0.3) is 0 Å². The van der Waals surface area contributed by atoms with Gasteiger partial charge in [-0.3, -0.25) is 0 Å². The molecule has 3 heteroatoms. The van der Waals surface area contributed by atoms with E-state index in [9.17, 15) is 0 Å². The maximum absolute atomic E-state index is 6.13. The quantitative estimate of drug-likeness (QED) is 0.760. The molecule has 118 valence electrons. The first-order valence-corrected chi connectivity index (χ1v) is 8.82. The molecular formula is C18H29ClN2. The van der Waals surface area contributed by atoms with E-state index in [0.29, 0.717) is 6.04 Å². The van der Waals surface area contributed by atoms with Crippen LogP contribution in [0, 0.1) is 5.92 Å². The zero-order chi connectivity index (χ0) is 15.1. The second kappa shape index (κ2) is 8.77. The third kappa shape index (κ3) is 5.28. The summed E-state index contributed by atoms with van der Waals surface area (Å²) < 4.78 is 0. The third-order valence-corrected chi connectivity index (χ3v) is 4.74. The number of rotatable bonds is 8. The Kier molecular flexibility index (Phi) is 7.01. The maximum Gasteiger partial charge on any atom is 0.0409 e. The molecule has 0 saturated carbocycles. The molecule has 0 radical (unpaired) electrons. The van der Waals surface area contributed by atoms with Gasteiger partial charge in [0, 0.05) is 17.6 Å². The molecule has 1 heterocycles. The van der Waals surface area contributed by atoms with Crippen LogP contribution in [0.25, 0.3) is 0 Å². The standard InChI is InChI=1S/C18H29ClN2/c1-3-6-15-9-11-21(14-15)12-10-18(20-4-2)16-7-5-8-17(19)13-16/h5,7-8,13,15,18,20H,3-4,6,9-12,14H2,1-2H3. The van der Waals surface area contributed by atoms with Crippen molar-refractivity contribution in [3.63, 3.8) is 0 Å². The van der Waals surface area contributed by atoms with Crippen LogP contribution in [-0.2, 0) is 0 Å². The second-order valence-electron chi connectivity index (χ2n) is 6.20. The number of likely N-dealkylation sites (tertiary alicyclic amines) is 1. The van der Waals surface area contributed by atoms with Crippen molar-refractivity contribution < 1.29 is 0 Å². The minimum Gasteiger partial charge on any atom is -0.310 e. The van der Waals surface area contributed by atoms with Crippen LogP contribution >= 0.6 is 11.6 Å². The fourth-order valence-corrected chi connectivity index (χ4v) is 3.63. The lowest BCUT2D eigenvalue weighted by atomic mass is 10.0. The lowest BCUT2D eigenvalue weighted by molar-refractivity contribution is 0.297. The number of hydrogen-bond donors (Lipinski definition) is 1. The first-order chi connectivity index (χ1) is 10.2. The second-order valence-corrected chi connectivity index (χ2v) is 6.63. The van der Waals surface area contributed by atoms with Crippen LogP contribution < -0.4 is 5.32 Å². The number of nitrogens with one attached hydrogen (secondary N) is 1. The highest BCUT2D eigenvalue weighted by Crippen LogP contribution is 2.24. The molecule has 1 aromatic carbocycles. The summed E-state index contributed by atoms with van der Waals surface area (Å²) in [5.41, 5.74) is 1.31. The van der Waals surface area contributed by atoms with Gasteiger partial charge in [-0.25, -0.2) is 0 Å². The average Bonchev–Trinajstić information content (AvgIpc) is 2.91. The molecule has 0 aromatic heterocycles. The van der Waals surface area contributed by atoms with Crippen molar-refractivity contribution in [2.24, 2.45) is 5.92 Å². The van der Waals surface area contributed by atoms with Gasteiger partial charge in [0.2, 0.25) is 0 Å². The Labute approximate surface area is 134 Å². The summed E-state index contributed by atoms with van der Waals surface area (Å²) in [4.78, 5) is 2.63. The van der Waals surface area contributed by atoms with E-state index in [1.54, 1.807) is 0 Å². The maximum atomic E-state index is 6.13. The molecule has 1 fully saturated rings. The van der Waals surface area contributed by atoms with Crippen molar-refractivity contribution in [2.75, 3.05) is 26.2 Å². The predicted molar refractivity (Wildman–Crippen MR) is 91.9 cm³/mol. The van der Waals surface area contributed by atoms with Crippen LogP contribution in [0.5, 0.6) is 0 Å². The highest BCUT2D eigenvalue weighted by Gasteiger charge is 2.22. The summed E-state index contributed by atoms with van der Waals surface area (Å²) in [6.07, 6.45) is 5.26. The van der Waals surface area contributed by atoms with E-state index in [1.807, 2.05) is 6.07 Å². The molecule has 21 heavy (non-hydrogen) atoms. The number of hydrogen-bond acceptors (Lipinski definition) is 2. The van der Waals surface area contributed by atoms with Gasteiger partial charge in [0.15, 0.2) is 0 Å². The zero-order valence-electron chi connectivity index (χ0n) is 13.4. The molecule has 2 nitrogen and oxygen atoms in total. The van der Waals surface area contributed by atoms with Crippen molar-refractivity contribution in [1.82, 2.24) is 10.2 Å². The Morgan fingerprint density at radius 2 is 2.24 bits per heavy atom. The van der Waals surface area contributed by atoms with Crippen LogP contribution in [0.4, 0.5) is 0 Å². The van der Waals surface area contributed by atoms with E-state index in [0.717, 1.165) is 23.9 Å². The molecule has 0 bridgehead atoms. The summed E-state index contributed by atoms with van der Waals surface area (Å²) in [5.74, 6) is 0.929. The number of nitrogens with zero attached hydrogens (tertiary/aromatic N) is 1. The number of halogens is 1. The van der Waals surface area contributed by atoms with E-state index in [2.05, 4.69) is 42.3 Å². The molecular weight excluding hydrogens is 280 g/mol. The van der Waals surface area contributed by atoms with Gasteiger partial charge in [0.05, 0.1) is 0 Å². The number of benzene rings is 1. The molecule has 0 amide bonds. The van der Waals surface area contributed by atoms with Crippen molar-refractivity contribution in [3.05, 3.63) is 34.9 Å². The van der Waals surface area contributed by atoms with Crippen molar-refractivity contribution >= 4 is 11.6 Å². The van der Waals surface area contributed by atoms with Crippen LogP contribution in [-0.4, -0.2) is 31.1 Å². The Balaban J connectivity index is 1.86. The summed E-state index contributed by atoms with van der Waals surface area (Å²) in [6, 6.07) is 8.69. The topological polar surface area (TPSA) is 15.3 Å². The summed E-state index contributed by atoms with van der Waals surface area (Å²) in [5, 5.41) is 4.43. The molecule has 2 unspecified atom stereocenters. The van der Waals surface area contributed by atoms with Crippen LogP contribution in [0.15, 0.2) is 24.3 Å². The fourth-order valence-electron chi connectivity index (χ4n) is 3.43. The van der Waals surface area contributed by atoms with Crippen LogP contribution in [0.1, 0.15) is 51.1 Å². The van der Waals surface area contributed by atoms with Crippen LogP contribution in [0.3, 0.4) is 0 Å². The monoisotopic (exact) mass is 308 g/mol. The molecule has 1 N–H and O–H groups in total. The lowest BCUT2D eigenvalue weighted by Crippen LogP contribution is -2.28. The van der Waals surface area contributed by atoms with E-state index in [4.69, 9.17) is 11.6 Å². The average molecular weight is 309 g/mol. The van der Waals surface area contributed by atoms with Gasteiger partial charge in [-0.05, 0) is 62.5 Å². The van der Waals surface area contributed by atoms with Gasteiger partial charge in [-0.2, -0.15) is 0 Å². The van der Waals surface area contributed by atoms with Gasteiger partial charge >= 0.3 is 0 Å². The Bertz CT molecular complexity index is 421. The van der Waals surface area contributed by atoms with Gasteiger partial charge < -0.3 is 10.2 Å². The molecule has 1 aliphatic rings. The first kappa shape index (κ1) is 16.8. The van der Waals surface area contributed by atoms with E-state index in [1.165, 1.54) is 44.5 Å². The zero-order valence-corrected chi connectivity index (χ0v) is 14.2. The van der Waals surface area contributed by atoms with Crippen LogP contribution in [0.2, 0.25) is 5.02 Å². The van der Waals surface area contributed by atoms with Crippen molar-refractivity contribution in [1.29, 1.82) is 0 Å². The van der Waals surface area contributed by atoms with E-state index >= 15 is 0 Å². The Morgan fingerprint density at radius 3 is 2.95 bits per heavy atom. The summed E-state index contributed by atoms with van der Waals surface area (Å²) >= 11 is 6.13. The Hall–Kier alpha value is -0.570. The molecule has 1 aliphatic heterocycles. The van der Waals surface area contributed by atoms with E-state index < -0.39 is 0 Å². The highest BCUT2D eigenvalue weighted by molar-refractivity contribution is 6.30. The summed E-state index contributed by atoms with van der Waals surface area (Å²) in [6.45, 7) is 9.22. The molecule has 0 aliphatic carbocycles. The SMILES string of the molecule is CCCC1CCN(CCC(NCC)c2cccc(Cl)c2)C1. The van der Waals surface area contributed by atoms with Gasteiger partial charge in [-0.1, -0.05) is 44.0 Å². The molecule has 1 saturated heterocycles. The third-order valence-electron chi connectivity index (χ3n) is 4.50. The molecule has 0 spiro atoms. The molecule has 2 rings (SSSR count). The van der Waals surface area contributed by atoms with Crippen molar-refractivity contribution in [3.8, 4) is 0 Å². The van der Waals surface area contributed by atoms with Crippen molar-refractivity contribution in [2.45, 2.75) is 45.6 Å². The molecule has 1 aromatic rings. The smallest absolute Gasteiger partial charge is 0.0409 e.